The number of ether oxygens (including phenoxy) is 1. The van der Waals surface area contributed by atoms with Gasteiger partial charge in [0.2, 0.25) is 5.91 Å². The van der Waals surface area contributed by atoms with Gasteiger partial charge in [-0.05, 0) is 39.2 Å². The van der Waals surface area contributed by atoms with E-state index in [2.05, 4.69) is 5.32 Å². The number of aryl methyl sites for hydroxylation is 1. The highest BCUT2D eigenvalue weighted by Gasteiger charge is 2.36. The van der Waals surface area contributed by atoms with Crippen LogP contribution in [-0.4, -0.2) is 29.6 Å². The van der Waals surface area contributed by atoms with E-state index in [0.717, 1.165) is 23.3 Å². The normalized spacial score (nSPS) is 20.5. The van der Waals surface area contributed by atoms with E-state index in [1.165, 1.54) is 11.3 Å². The molecule has 6 nitrogen and oxygen atoms in total. The highest BCUT2D eigenvalue weighted by Crippen LogP contribution is 2.36. The summed E-state index contributed by atoms with van der Waals surface area (Å²) < 4.78 is 5.07. The molecule has 2 N–H and O–H groups in total. The average Bonchev–Trinajstić information content (AvgIpc) is 2.81. The predicted octanol–water partition coefficient (Wildman–Crippen LogP) is 3.37. The highest BCUT2D eigenvalue weighted by atomic mass is 32.1. The number of carbonyl (C=O) groups is 3. The summed E-state index contributed by atoms with van der Waals surface area (Å²) in [5.74, 6) is -2.94. The van der Waals surface area contributed by atoms with Crippen molar-refractivity contribution in [3.05, 3.63) is 16.0 Å². The summed E-state index contributed by atoms with van der Waals surface area (Å²) in [6.07, 6.45) is 2.74. The molecule has 132 valence electrons. The molecule has 0 aliphatic heterocycles. The minimum atomic E-state index is -0.931. The second-order valence-electron chi connectivity index (χ2n) is 6.03. The summed E-state index contributed by atoms with van der Waals surface area (Å²) in [5, 5.41) is 12.6. The number of esters is 1. The van der Waals surface area contributed by atoms with Crippen LogP contribution in [0.4, 0.5) is 5.00 Å². The van der Waals surface area contributed by atoms with E-state index >= 15 is 0 Å². The van der Waals surface area contributed by atoms with Gasteiger partial charge in [0.1, 0.15) is 5.00 Å². The van der Waals surface area contributed by atoms with E-state index < -0.39 is 23.8 Å². The van der Waals surface area contributed by atoms with Crippen molar-refractivity contribution >= 4 is 34.2 Å². The maximum atomic E-state index is 12.6. The van der Waals surface area contributed by atoms with Crippen LogP contribution in [0.5, 0.6) is 0 Å². The maximum Gasteiger partial charge on any atom is 0.341 e. The smallest absolute Gasteiger partial charge is 0.341 e. The van der Waals surface area contributed by atoms with E-state index in [4.69, 9.17) is 4.74 Å². The Bertz CT molecular complexity index is 652. The number of carbonyl (C=O) groups excluding carboxylic acids is 2. The van der Waals surface area contributed by atoms with Crippen LogP contribution in [0.25, 0.3) is 0 Å². The number of thiophene rings is 1. The third-order valence-corrected chi connectivity index (χ3v) is 5.64. The molecule has 1 amide bonds. The number of hydrogen-bond donors (Lipinski definition) is 2. The molecule has 0 bridgehead atoms. The first kappa shape index (κ1) is 18.4. The fourth-order valence-corrected chi connectivity index (χ4v) is 4.16. The van der Waals surface area contributed by atoms with Gasteiger partial charge in [0.05, 0.1) is 24.0 Å². The first-order valence-electron chi connectivity index (χ1n) is 8.17. The van der Waals surface area contributed by atoms with E-state index in [1.807, 2.05) is 13.8 Å². The maximum absolute atomic E-state index is 12.6. The molecule has 1 aromatic heterocycles. The second-order valence-corrected chi connectivity index (χ2v) is 7.26. The Morgan fingerprint density at radius 2 is 1.83 bits per heavy atom. The van der Waals surface area contributed by atoms with Gasteiger partial charge in [0, 0.05) is 4.88 Å². The molecule has 0 aromatic carbocycles. The summed E-state index contributed by atoms with van der Waals surface area (Å²) >= 11 is 1.32. The Balaban J connectivity index is 2.24. The van der Waals surface area contributed by atoms with Gasteiger partial charge < -0.3 is 15.2 Å². The summed E-state index contributed by atoms with van der Waals surface area (Å²) in [4.78, 5) is 37.1. The lowest BCUT2D eigenvalue weighted by molar-refractivity contribution is -0.147. The van der Waals surface area contributed by atoms with Crippen LogP contribution in [0.1, 0.15) is 53.4 Å². The van der Waals surface area contributed by atoms with Crippen LogP contribution < -0.4 is 5.32 Å². The highest BCUT2D eigenvalue weighted by molar-refractivity contribution is 7.16. The van der Waals surface area contributed by atoms with Gasteiger partial charge in [-0.2, -0.15) is 0 Å². The lowest BCUT2D eigenvalue weighted by Gasteiger charge is -2.27. The minimum absolute atomic E-state index is 0.254. The van der Waals surface area contributed by atoms with Crippen molar-refractivity contribution in [2.24, 2.45) is 11.8 Å². The lowest BCUT2D eigenvalue weighted by atomic mass is 9.79. The van der Waals surface area contributed by atoms with Crippen molar-refractivity contribution < 1.29 is 24.2 Å². The molecular weight excluding hydrogens is 330 g/mol. The van der Waals surface area contributed by atoms with Gasteiger partial charge in [-0.15, -0.1) is 11.3 Å². The van der Waals surface area contributed by atoms with Crippen LogP contribution >= 0.6 is 11.3 Å². The van der Waals surface area contributed by atoms with Gasteiger partial charge in [-0.25, -0.2) is 4.79 Å². The zero-order valence-electron chi connectivity index (χ0n) is 14.2. The van der Waals surface area contributed by atoms with Crippen LogP contribution in [0.3, 0.4) is 0 Å². The Labute approximate surface area is 145 Å². The average molecular weight is 353 g/mol. The molecule has 2 rings (SSSR count). The van der Waals surface area contributed by atoms with Crippen LogP contribution in [-0.2, 0) is 14.3 Å². The quantitative estimate of drug-likeness (QED) is 0.792. The second kappa shape index (κ2) is 7.79. The summed E-state index contributed by atoms with van der Waals surface area (Å²) in [7, 11) is 0. The molecular formula is C17H23NO5S. The zero-order valence-corrected chi connectivity index (χ0v) is 15.0. The van der Waals surface area contributed by atoms with Gasteiger partial charge in [-0.3, -0.25) is 9.59 Å². The standard InChI is InChI=1S/C17H23NO5S/c1-4-23-17(22)13-9(2)10(3)24-15(13)18-14(19)11-7-5-6-8-12(11)16(20)21/h11-12H,4-8H2,1-3H3,(H,18,19)(H,20,21)/t11-,12-/m1/s1. The Hall–Kier alpha value is -1.89. The number of carboxylic acids is 1. The minimum Gasteiger partial charge on any atom is -0.481 e. The number of anilines is 1. The predicted molar refractivity (Wildman–Crippen MR) is 91.5 cm³/mol. The zero-order chi connectivity index (χ0) is 17.9. The first-order valence-corrected chi connectivity index (χ1v) is 8.99. The third-order valence-electron chi connectivity index (χ3n) is 4.52. The molecule has 2 atom stereocenters. The fraction of sp³-hybridized carbons (Fsp3) is 0.588. The molecule has 0 spiro atoms. The van der Waals surface area contributed by atoms with Gasteiger partial charge in [0.15, 0.2) is 0 Å². The van der Waals surface area contributed by atoms with Gasteiger partial charge in [0.25, 0.3) is 0 Å². The van der Waals surface area contributed by atoms with Crippen molar-refractivity contribution in [1.29, 1.82) is 0 Å². The largest absolute Gasteiger partial charge is 0.481 e. The number of hydrogen-bond acceptors (Lipinski definition) is 5. The molecule has 1 saturated carbocycles. The van der Waals surface area contributed by atoms with Crippen molar-refractivity contribution in [2.45, 2.75) is 46.5 Å². The number of rotatable bonds is 5. The van der Waals surface area contributed by atoms with Crippen LogP contribution in [0.15, 0.2) is 0 Å². The lowest BCUT2D eigenvalue weighted by Crippen LogP contribution is -2.36. The summed E-state index contributed by atoms with van der Waals surface area (Å²) in [5.41, 5.74) is 1.16. The molecule has 0 radical (unpaired) electrons. The molecule has 1 aromatic rings. The topological polar surface area (TPSA) is 92.7 Å². The molecule has 0 unspecified atom stereocenters. The molecule has 1 aliphatic rings. The number of amides is 1. The van der Waals surface area contributed by atoms with E-state index in [0.29, 0.717) is 23.4 Å². The van der Waals surface area contributed by atoms with E-state index in [1.54, 1.807) is 6.92 Å². The van der Waals surface area contributed by atoms with Crippen molar-refractivity contribution in [3.63, 3.8) is 0 Å². The molecule has 7 heteroatoms. The van der Waals surface area contributed by atoms with Gasteiger partial charge in [-0.1, -0.05) is 12.8 Å². The Kier molecular flexibility index (Phi) is 5.99. The SMILES string of the molecule is CCOC(=O)c1c(NC(=O)[C@@H]2CCCC[C@H]2C(=O)O)sc(C)c1C. The first-order chi connectivity index (χ1) is 11.4. The van der Waals surface area contributed by atoms with Crippen LogP contribution in [0, 0.1) is 25.7 Å². The third kappa shape index (κ3) is 3.77. The molecule has 0 saturated heterocycles. The molecule has 1 aliphatic carbocycles. The summed E-state index contributed by atoms with van der Waals surface area (Å²) in [6.45, 7) is 5.67. The van der Waals surface area contributed by atoms with Crippen LogP contribution in [0.2, 0.25) is 0 Å². The molecule has 24 heavy (non-hydrogen) atoms. The number of carboxylic acid groups (broad SMARTS) is 1. The Morgan fingerprint density at radius 1 is 1.21 bits per heavy atom. The van der Waals surface area contributed by atoms with Crippen molar-refractivity contribution in [1.82, 2.24) is 0 Å². The van der Waals surface area contributed by atoms with E-state index in [-0.39, 0.29) is 12.5 Å². The Morgan fingerprint density at radius 3 is 2.42 bits per heavy atom. The molecule has 1 heterocycles. The number of nitrogens with one attached hydrogen (secondary N) is 1. The van der Waals surface area contributed by atoms with Crippen molar-refractivity contribution in [2.75, 3.05) is 11.9 Å². The fourth-order valence-electron chi connectivity index (χ4n) is 3.11. The van der Waals surface area contributed by atoms with Crippen molar-refractivity contribution in [3.8, 4) is 0 Å². The van der Waals surface area contributed by atoms with E-state index in [9.17, 15) is 19.5 Å². The summed E-state index contributed by atoms with van der Waals surface area (Å²) in [6, 6.07) is 0. The number of aliphatic carboxylic acids is 1. The molecule has 1 fully saturated rings. The monoisotopic (exact) mass is 353 g/mol. The van der Waals surface area contributed by atoms with Gasteiger partial charge >= 0.3 is 11.9 Å².